The Kier molecular flexibility index (Phi) is 6.96. The van der Waals surface area contributed by atoms with E-state index in [0.717, 1.165) is 40.7 Å². The van der Waals surface area contributed by atoms with Crippen molar-refractivity contribution in [3.05, 3.63) is 81.2 Å². The standard InChI is InChI=1S/C28H35N7O/c1-18(2)26(27-31-32-33-35(27)24-9-5-6-10-24)34(16-21-8-7-11-29-15-21)17-23-14-22-12-19(3)20(4)13-25(22)30-28(23)36/h7-8,11-15,18,24,26H,5-6,9-10,16-17H2,1-4H3,(H,30,36)/t26-/m0/s1. The SMILES string of the molecule is Cc1cc2cc(CN(Cc3cccnc3)[C@H](c3nnnn3C3CCCC3)C(C)C)c(=O)[nH]c2cc1C. The minimum atomic E-state index is -0.0596. The molecule has 8 heteroatoms. The Morgan fingerprint density at radius 2 is 1.89 bits per heavy atom. The zero-order chi connectivity index (χ0) is 25.2. The summed E-state index contributed by atoms with van der Waals surface area (Å²) in [6.07, 6.45) is 8.30. The number of nitrogens with zero attached hydrogens (tertiary/aromatic N) is 6. The molecule has 0 amide bonds. The number of aryl methyl sites for hydroxylation is 2. The molecule has 1 saturated carbocycles. The number of aromatic amines is 1. The predicted octanol–water partition coefficient (Wildman–Crippen LogP) is 5.04. The molecule has 1 fully saturated rings. The van der Waals surface area contributed by atoms with Gasteiger partial charge in [0, 0.05) is 36.6 Å². The molecule has 1 N–H and O–H groups in total. The molecule has 1 atom stereocenters. The molecule has 0 bridgehead atoms. The summed E-state index contributed by atoms with van der Waals surface area (Å²) < 4.78 is 2.05. The highest BCUT2D eigenvalue weighted by molar-refractivity contribution is 5.80. The quantitative estimate of drug-likeness (QED) is 0.376. The molecule has 8 nitrogen and oxygen atoms in total. The van der Waals surface area contributed by atoms with Gasteiger partial charge in [0.05, 0.1) is 12.1 Å². The van der Waals surface area contributed by atoms with Gasteiger partial charge < -0.3 is 4.98 Å². The molecule has 0 aliphatic heterocycles. The second-order valence-electron chi connectivity index (χ2n) is 10.5. The largest absolute Gasteiger partial charge is 0.322 e. The summed E-state index contributed by atoms with van der Waals surface area (Å²) in [5.41, 5.74) is 5.02. The van der Waals surface area contributed by atoms with Gasteiger partial charge in [0.1, 0.15) is 0 Å². The number of pyridine rings is 2. The molecule has 4 aromatic rings. The van der Waals surface area contributed by atoms with Crippen LogP contribution >= 0.6 is 0 Å². The Hall–Kier alpha value is -3.39. The zero-order valence-electron chi connectivity index (χ0n) is 21.6. The van der Waals surface area contributed by atoms with E-state index in [1.807, 2.05) is 23.0 Å². The first-order chi connectivity index (χ1) is 17.4. The lowest BCUT2D eigenvalue weighted by Crippen LogP contribution is -2.35. The van der Waals surface area contributed by atoms with Crippen LogP contribution in [0.25, 0.3) is 10.9 Å². The third kappa shape index (κ3) is 4.95. The third-order valence-electron chi connectivity index (χ3n) is 7.50. The van der Waals surface area contributed by atoms with E-state index in [1.54, 1.807) is 6.20 Å². The summed E-state index contributed by atoms with van der Waals surface area (Å²) in [7, 11) is 0. The topological polar surface area (TPSA) is 92.6 Å². The lowest BCUT2D eigenvalue weighted by molar-refractivity contribution is 0.123. The van der Waals surface area contributed by atoms with Crippen LogP contribution < -0.4 is 5.56 Å². The number of aromatic nitrogens is 6. The van der Waals surface area contributed by atoms with E-state index < -0.39 is 0 Å². The van der Waals surface area contributed by atoms with Crippen molar-refractivity contribution in [2.45, 2.75) is 78.6 Å². The number of H-pyrrole nitrogens is 1. The van der Waals surface area contributed by atoms with Crippen molar-refractivity contribution in [3.8, 4) is 0 Å². The lowest BCUT2D eigenvalue weighted by atomic mass is 9.99. The van der Waals surface area contributed by atoms with Crippen LogP contribution in [-0.2, 0) is 13.1 Å². The van der Waals surface area contributed by atoms with Crippen LogP contribution in [0.1, 0.15) is 79.7 Å². The number of hydrogen-bond donors (Lipinski definition) is 1. The second-order valence-corrected chi connectivity index (χ2v) is 10.5. The van der Waals surface area contributed by atoms with Gasteiger partial charge in [-0.15, -0.1) is 5.10 Å². The molecular weight excluding hydrogens is 450 g/mol. The molecule has 36 heavy (non-hydrogen) atoms. The van der Waals surface area contributed by atoms with Gasteiger partial charge in [-0.25, -0.2) is 4.68 Å². The molecule has 188 valence electrons. The van der Waals surface area contributed by atoms with E-state index in [4.69, 9.17) is 0 Å². The molecule has 0 spiro atoms. The Balaban J connectivity index is 1.57. The van der Waals surface area contributed by atoms with Crippen LogP contribution in [0.4, 0.5) is 0 Å². The molecule has 3 heterocycles. The fourth-order valence-corrected chi connectivity index (χ4v) is 5.52. The van der Waals surface area contributed by atoms with Gasteiger partial charge in [-0.3, -0.25) is 14.7 Å². The van der Waals surface area contributed by atoms with E-state index in [2.05, 4.69) is 76.3 Å². The van der Waals surface area contributed by atoms with Crippen molar-refractivity contribution >= 4 is 10.9 Å². The van der Waals surface area contributed by atoms with Crippen LogP contribution in [-0.4, -0.2) is 35.1 Å². The van der Waals surface area contributed by atoms with Gasteiger partial charge in [0.25, 0.3) is 5.56 Å². The smallest absolute Gasteiger partial charge is 0.252 e. The summed E-state index contributed by atoms with van der Waals surface area (Å²) >= 11 is 0. The van der Waals surface area contributed by atoms with E-state index in [1.165, 1.54) is 24.0 Å². The maximum atomic E-state index is 13.2. The van der Waals surface area contributed by atoms with Crippen molar-refractivity contribution in [2.75, 3.05) is 0 Å². The molecule has 1 aliphatic carbocycles. The Morgan fingerprint density at radius 1 is 1.11 bits per heavy atom. The highest BCUT2D eigenvalue weighted by atomic mass is 16.1. The Bertz CT molecular complexity index is 1390. The molecule has 1 aliphatic rings. The van der Waals surface area contributed by atoms with Crippen LogP contribution in [0.2, 0.25) is 0 Å². The van der Waals surface area contributed by atoms with Gasteiger partial charge in [0.15, 0.2) is 5.82 Å². The number of benzene rings is 1. The zero-order valence-corrected chi connectivity index (χ0v) is 21.6. The normalized spacial score (nSPS) is 15.4. The summed E-state index contributed by atoms with van der Waals surface area (Å²) in [5.74, 6) is 1.11. The van der Waals surface area contributed by atoms with Gasteiger partial charge in [-0.1, -0.05) is 32.8 Å². The fraction of sp³-hybridized carbons (Fsp3) is 0.464. The van der Waals surface area contributed by atoms with Crippen LogP contribution in [0.15, 0.2) is 47.5 Å². The summed E-state index contributed by atoms with van der Waals surface area (Å²) in [5, 5.41) is 14.1. The van der Waals surface area contributed by atoms with Crippen LogP contribution in [0.3, 0.4) is 0 Å². The molecule has 1 aromatic carbocycles. The summed E-state index contributed by atoms with van der Waals surface area (Å²) in [4.78, 5) is 23.0. The number of nitrogens with one attached hydrogen (secondary N) is 1. The van der Waals surface area contributed by atoms with Crippen molar-refractivity contribution < 1.29 is 0 Å². The van der Waals surface area contributed by atoms with E-state index in [-0.39, 0.29) is 17.5 Å². The molecule has 3 aromatic heterocycles. The highest BCUT2D eigenvalue weighted by Crippen LogP contribution is 2.35. The second kappa shape index (κ2) is 10.3. The van der Waals surface area contributed by atoms with Gasteiger partial charge >= 0.3 is 0 Å². The number of fused-ring (bicyclic) bond motifs is 1. The molecular formula is C28H35N7O. The average molecular weight is 486 g/mol. The van der Waals surface area contributed by atoms with E-state index in [0.29, 0.717) is 19.1 Å². The third-order valence-corrected chi connectivity index (χ3v) is 7.50. The van der Waals surface area contributed by atoms with Crippen molar-refractivity contribution in [2.24, 2.45) is 5.92 Å². The van der Waals surface area contributed by atoms with Gasteiger partial charge in [-0.2, -0.15) is 0 Å². The lowest BCUT2D eigenvalue weighted by Gasteiger charge is -2.34. The van der Waals surface area contributed by atoms with Crippen molar-refractivity contribution in [1.29, 1.82) is 0 Å². The minimum absolute atomic E-state index is 0.0557. The van der Waals surface area contributed by atoms with E-state index in [9.17, 15) is 4.79 Å². The Labute approximate surface area is 211 Å². The van der Waals surface area contributed by atoms with Crippen molar-refractivity contribution in [3.63, 3.8) is 0 Å². The number of rotatable bonds is 8. The van der Waals surface area contributed by atoms with Gasteiger partial charge in [0.2, 0.25) is 0 Å². The predicted molar refractivity (Wildman–Crippen MR) is 140 cm³/mol. The minimum Gasteiger partial charge on any atom is -0.322 e. The first-order valence-electron chi connectivity index (χ1n) is 12.9. The van der Waals surface area contributed by atoms with Crippen molar-refractivity contribution in [1.82, 2.24) is 35.1 Å². The van der Waals surface area contributed by atoms with Crippen LogP contribution in [0, 0.1) is 19.8 Å². The first kappa shape index (κ1) is 24.3. The highest BCUT2D eigenvalue weighted by Gasteiger charge is 2.32. The maximum absolute atomic E-state index is 13.2. The monoisotopic (exact) mass is 485 g/mol. The Morgan fingerprint density at radius 3 is 2.61 bits per heavy atom. The first-order valence-corrected chi connectivity index (χ1v) is 12.9. The number of tetrazole rings is 1. The summed E-state index contributed by atoms with van der Waals surface area (Å²) in [6.45, 7) is 9.69. The van der Waals surface area contributed by atoms with E-state index >= 15 is 0 Å². The fourth-order valence-electron chi connectivity index (χ4n) is 5.52. The van der Waals surface area contributed by atoms with Gasteiger partial charge in [-0.05, 0) is 89.4 Å². The molecule has 0 saturated heterocycles. The number of hydrogen-bond acceptors (Lipinski definition) is 6. The summed E-state index contributed by atoms with van der Waals surface area (Å²) in [6, 6.07) is 10.5. The van der Waals surface area contributed by atoms with Crippen LogP contribution in [0.5, 0.6) is 0 Å². The average Bonchev–Trinajstić information content (AvgIpc) is 3.54. The molecule has 0 unspecified atom stereocenters. The maximum Gasteiger partial charge on any atom is 0.252 e. The molecule has 0 radical (unpaired) electrons. The molecule has 5 rings (SSSR count).